The van der Waals surface area contributed by atoms with Crippen molar-refractivity contribution in [1.82, 2.24) is 15.1 Å². The lowest BCUT2D eigenvalue weighted by Gasteiger charge is -2.08. The predicted octanol–water partition coefficient (Wildman–Crippen LogP) is 4.01. The van der Waals surface area contributed by atoms with Gasteiger partial charge in [0.1, 0.15) is 11.5 Å². The average molecular weight is 367 g/mol. The van der Waals surface area contributed by atoms with Crippen LogP contribution in [0.3, 0.4) is 0 Å². The van der Waals surface area contributed by atoms with Crippen LogP contribution in [0, 0.1) is 0 Å². The van der Waals surface area contributed by atoms with Crippen molar-refractivity contribution in [2.45, 2.75) is 24.5 Å². The molecule has 0 unspecified atom stereocenters. The molecule has 26 heavy (non-hydrogen) atoms. The van der Waals surface area contributed by atoms with Crippen molar-refractivity contribution >= 4 is 17.7 Å². The Morgan fingerprint density at radius 3 is 2.81 bits per heavy atom. The first kappa shape index (κ1) is 17.0. The largest absolute Gasteiger partial charge is 0.468 e. The summed E-state index contributed by atoms with van der Waals surface area (Å²) in [6.07, 6.45) is 4.01. The third-order valence-corrected chi connectivity index (χ3v) is 5.30. The summed E-state index contributed by atoms with van der Waals surface area (Å²) in [4.78, 5) is 12.7. The van der Waals surface area contributed by atoms with E-state index in [1.165, 1.54) is 0 Å². The highest BCUT2D eigenvalue weighted by Gasteiger charge is 2.28. The van der Waals surface area contributed by atoms with Gasteiger partial charge in [-0.15, -0.1) is 0 Å². The summed E-state index contributed by atoms with van der Waals surface area (Å²) in [5.41, 5.74) is 2.54. The third-order valence-electron chi connectivity index (χ3n) is 4.31. The Labute approximate surface area is 156 Å². The topological polar surface area (TPSA) is 60.1 Å². The zero-order chi connectivity index (χ0) is 17.8. The molecule has 1 N–H and O–H groups in total. The summed E-state index contributed by atoms with van der Waals surface area (Å²) < 4.78 is 7.07. The zero-order valence-electron chi connectivity index (χ0n) is 14.4. The number of benzene rings is 1. The molecule has 0 saturated heterocycles. The second-order valence-electron chi connectivity index (χ2n) is 6.36. The number of hydrogen-bond acceptors (Lipinski definition) is 4. The Kier molecular flexibility index (Phi) is 5.11. The van der Waals surface area contributed by atoms with E-state index < -0.39 is 0 Å². The molecule has 1 amide bonds. The highest BCUT2D eigenvalue weighted by molar-refractivity contribution is 7.98. The van der Waals surface area contributed by atoms with Gasteiger partial charge in [0.15, 0.2) is 0 Å². The van der Waals surface area contributed by atoms with E-state index in [0.717, 1.165) is 41.5 Å². The maximum Gasteiger partial charge on any atom is 0.270 e. The molecule has 1 aliphatic carbocycles. The lowest BCUT2D eigenvalue weighted by molar-refractivity contribution is 0.0948. The smallest absolute Gasteiger partial charge is 0.270 e. The van der Waals surface area contributed by atoms with Crippen LogP contribution >= 0.6 is 11.8 Å². The van der Waals surface area contributed by atoms with Crippen molar-refractivity contribution in [2.24, 2.45) is 0 Å². The number of aromatic nitrogens is 2. The molecular formula is C20H21N3O2S. The molecule has 2 heterocycles. The van der Waals surface area contributed by atoms with Crippen LogP contribution in [0.1, 0.15) is 40.7 Å². The quantitative estimate of drug-likeness (QED) is 0.611. The molecule has 0 bridgehead atoms. The number of para-hydroxylation sites is 1. The van der Waals surface area contributed by atoms with Crippen molar-refractivity contribution < 1.29 is 9.21 Å². The van der Waals surface area contributed by atoms with E-state index in [1.807, 2.05) is 48.5 Å². The number of thioether (sulfide) groups is 1. The van der Waals surface area contributed by atoms with E-state index in [2.05, 4.69) is 10.4 Å². The summed E-state index contributed by atoms with van der Waals surface area (Å²) in [6.45, 7) is 0.614. The van der Waals surface area contributed by atoms with E-state index in [4.69, 9.17) is 4.42 Å². The molecule has 1 fully saturated rings. The highest BCUT2D eigenvalue weighted by atomic mass is 32.2. The normalized spacial score (nSPS) is 13.7. The number of carbonyl (C=O) groups is 1. The van der Waals surface area contributed by atoms with Crippen molar-refractivity contribution in [2.75, 3.05) is 12.3 Å². The lowest BCUT2D eigenvalue weighted by Crippen LogP contribution is -2.27. The summed E-state index contributed by atoms with van der Waals surface area (Å²) in [5, 5.41) is 7.69. The first-order chi connectivity index (χ1) is 12.8. The van der Waals surface area contributed by atoms with Crippen molar-refractivity contribution in [1.29, 1.82) is 0 Å². The number of nitrogens with zero attached hydrogens (tertiary/aromatic N) is 2. The molecule has 5 nitrogen and oxygen atoms in total. The number of rotatable bonds is 8. The molecule has 0 radical (unpaired) electrons. The van der Waals surface area contributed by atoms with Crippen LogP contribution in [-0.4, -0.2) is 28.0 Å². The van der Waals surface area contributed by atoms with Crippen LogP contribution in [0.25, 0.3) is 5.69 Å². The standard InChI is InChI=1S/C20H21N3O2S/c24-20(21-10-12-26-14-17-7-4-11-25-17)19-13-18(15-8-9-15)22-23(19)16-5-2-1-3-6-16/h1-7,11,13,15H,8-10,12,14H2,(H,21,24). The van der Waals surface area contributed by atoms with Crippen molar-refractivity contribution in [3.63, 3.8) is 0 Å². The van der Waals surface area contributed by atoms with Gasteiger partial charge >= 0.3 is 0 Å². The summed E-state index contributed by atoms with van der Waals surface area (Å²) >= 11 is 1.74. The average Bonchev–Trinajstić information content (AvgIpc) is 3.21. The first-order valence-corrected chi connectivity index (χ1v) is 10.0. The zero-order valence-corrected chi connectivity index (χ0v) is 15.2. The predicted molar refractivity (Wildman–Crippen MR) is 103 cm³/mol. The highest BCUT2D eigenvalue weighted by Crippen LogP contribution is 2.39. The summed E-state index contributed by atoms with van der Waals surface area (Å²) in [6, 6.07) is 15.6. The fourth-order valence-electron chi connectivity index (χ4n) is 2.80. The second kappa shape index (κ2) is 7.83. The molecule has 6 heteroatoms. The van der Waals surface area contributed by atoms with E-state index in [9.17, 15) is 4.79 Å². The molecule has 0 aliphatic heterocycles. The van der Waals surface area contributed by atoms with Crippen molar-refractivity contribution in [3.8, 4) is 5.69 Å². The summed E-state index contributed by atoms with van der Waals surface area (Å²) in [7, 11) is 0. The van der Waals surface area contributed by atoms with E-state index in [0.29, 0.717) is 18.2 Å². The number of nitrogens with one attached hydrogen (secondary N) is 1. The Morgan fingerprint density at radius 1 is 1.23 bits per heavy atom. The van der Waals surface area contributed by atoms with Gasteiger partial charge in [0.2, 0.25) is 0 Å². The van der Waals surface area contributed by atoms with Gasteiger partial charge < -0.3 is 9.73 Å². The minimum atomic E-state index is -0.0770. The van der Waals surface area contributed by atoms with Gasteiger partial charge in [0, 0.05) is 18.2 Å². The van der Waals surface area contributed by atoms with Crippen LogP contribution in [0.15, 0.2) is 59.2 Å². The van der Waals surface area contributed by atoms with Gasteiger partial charge in [-0.05, 0) is 43.2 Å². The van der Waals surface area contributed by atoms with Gasteiger partial charge in [-0.25, -0.2) is 4.68 Å². The van der Waals surface area contributed by atoms with Gasteiger partial charge in [-0.2, -0.15) is 16.9 Å². The molecule has 4 rings (SSSR count). The lowest BCUT2D eigenvalue weighted by atomic mass is 10.2. The van der Waals surface area contributed by atoms with Crippen LogP contribution in [0.5, 0.6) is 0 Å². The monoisotopic (exact) mass is 367 g/mol. The molecule has 1 saturated carbocycles. The van der Waals surface area contributed by atoms with Crippen molar-refractivity contribution in [3.05, 3.63) is 71.9 Å². The Bertz CT molecular complexity index is 855. The Balaban J connectivity index is 1.38. The summed E-state index contributed by atoms with van der Waals surface area (Å²) in [5.74, 6) is 3.04. The molecule has 134 valence electrons. The number of hydrogen-bond donors (Lipinski definition) is 1. The van der Waals surface area contributed by atoms with E-state index in [1.54, 1.807) is 22.7 Å². The molecule has 1 aliphatic rings. The van der Waals surface area contributed by atoms with E-state index in [-0.39, 0.29) is 5.91 Å². The molecule has 3 aromatic rings. The molecule has 1 aromatic carbocycles. The fourth-order valence-corrected chi connectivity index (χ4v) is 3.56. The third kappa shape index (κ3) is 4.02. The molecular weight excluding hydrogens is 346 g/mol. The van der Waals surface area contributed by atoms with Crippen LogP contribution in [0.4, 0.5) is 0 Å². The van der Waals surface area contributed by atoms with E-state index >= 15 is 0 Å². The second-order valence-corrected chi connectivity index (χ2v) is 7.47. The van der Waals surface area contributed by atoms with Gasteiger partial charge in [-0.1, -0.05) is 18.2 Å². The van der Waals surface area contributed by atoms with Gasteiger partial charge in [0.25, 0.3) is 5.91 Å². The Morgan fingerprint density at radius 2 is 2.08 bits per heavy atom. The first-order valence-electron chi connectivity index (χ1n) is 8.85. The Hall–Kier alpha value is -2.47. The SMILES string of the molecule is O=C(NCCSCc1ccco1)c1cc(C2CC2)nn1-c1ccccc1. The maximum atomic E-state index is 12.7. The fraction of sp³-hybridized carbons (Fsp3) is 0.300. The molecule has 2 aromatic heterocycles. The van der Waals surface area contributed by atoms with Crippen LogP contribution in [0.2, 0.25) is 0 Å². The van der Waals surface area contributed by atoms with Crippen LogP contribution < -0.4 is 5.32 Å². The minimum Gasteiger partial charge on any atom is -0.468 e. The number of furan rings is 1. The maximum absolute atomic E-state index is 12.7. The van der Waals surface area contributed by atoms with Gasteiger partial charge in [-0.3, -0.25) is 4.79 Å². The minimum absolute atomic E-state index is 0.0770. The van der Waals surface area contributed by atoms with Crippen LogP contribution in [-0.2, 0) is 5.75 Å². The number of carbonyl (C=O) groups excluding carboxylic acids is 1. The molecule has 0 atom stereocenters. The number of amides is 1. The molecule has 0 spiro atoms. The van der Waals surface area contributed by atoms with Gasteiger partial charge in [0.05, 0.1) is 23.4 Å².